The van der Waals surface area contributed by atoms with Crippen molar-refractivity contribution < 1.29 is 4.79 Å². The predicted molar refractivity (Wildman–Crippen MR) is 115 cm³/mol. The van der Waals surface area contributed by atoms with Gasteiger partial charge >= 0.3 is 0 Å². The molecule has 1 amide bonds. The highest BCUT2D eigenvalue weighted by Crippen LogP contribution is 2.22. The third-order valence-corrected chi connectivity index (χ3v) is 5.41. The average molecular weight is 396 g/mol. The fraction of sp³-hybridized carbons (Fsp3) is 0.318. The Labute approximate surface area is 169 Å². The van der Waals surface area contributed by atoms with Gasteiger partial charge in [-0.25, -0.2) is 4.98 Å². The lowest BCUT2D eigenvalue weighted by molar-refractivity contribution is -0.131. The molecule has 3 rings (SSSR count). The normalized spacial score (nSPS) is 11.4. The number of aromatic nitrogens is 2. The second-order valence-corrected chi connectivity index (χ2v) is 8.11. The van der Waals surface area contributed by atoms with E-state index in [9.17, 15) is 9.59 Å². The van der Waals surface area contributed by atoms with Crippen LogP contribution in [0.25, 0.3) is 16.6 Å². The number of amides is 1. The number of fused-ring (bicyclic) bond motifs is 1. The number of benzene rings is 2. The Morgan fingerprint density at radius 1 is 1.00 bits per heavy atom. The van der Waals surface area contributed by atoms with Crippen LogP contribution in [-0.2, 0) is 4.79 Å². The molecule has 28 heavy (non-hydrogen) atoms. The van der Waals surface area contributed by atoms with Gasteiger partial charge in [-0.3, -0.25) is 14.2 Å². The second-order valence-electron chi connectivity index (χ2n) is 7.16. The molecule has 0 N–H and O–H groups in total. The summed E-state index contributed by atoms with van der Waals surface area (Å²) in [7, 11) is 0. The van der Waals surface area contributed by atoms with Gasteiger partial charge in [-0.05, 0) is 52.0 Å². The fourth-order valence-electron chi connectivity index (χ4n) is 3.39. The summed E-state index contributed by atoms with van der Waals surface area (Å²) in [6, 6.07) is 17.0. The predicted octanol–water partition coefficient (Wildman–Crippen LogP) is 4.12. The van der Waals surface area contributed by atoms with E-state index in [1.165, 1.54) is 11.8 Å². The van der Waals surface area contributed by atoms with Gasteiger partial charge in [-0.2, -0.15) is 0 Å². The summed E-state index contributed by atoms with van der Waals surface area (Å²) in [6.07, 6.45) is 0. The maximum Gasteiger partial charge on any atom is 0.266 e. The van der Waals surface area contributed by atoms with Crippen molar-refractivity contribution in [3.63, 3.8) is 0 Å². The molecule has 0 saturated heterocycles. The van der Waals surface area contributed by atoms with Crippen LogP contribution in [0.3, 0.4) is 0 Å². The van der Waals surface area contributed by atoms with E-state index in [4.69, 9.17) is 0 Å². The van der Waals surface area contributed by atoms with Crippen LogP contribution in [-0.4, -0.2) is 38.2 Å². The van der Waals surface area contributed by atoms with Crippen molar-refractivity contribution in [2.45, 2.75) is 44.9 Å². The smallest absolute Gasteiger partial charge is 0.266 e. The van der Waals surface area contributed by atoms with Crippen LogP contribution in [0.5, 0.6) is 0 Å². The SMILES string of the molecule is CC(C)N(C(=O)CSc1nc2ccccc2c(=O)n1-c1ccccc1)C(C)C. The first-order valence-electron chi connectivity index (χ1n) is 9.41. The Morgan fingerprint density at radius 3 is 2.25 bits per heavy atom. The van der Waals surface area contributed by atoms with Crippen molar-refractivity contribution in [3.8, 4) is 5.69 Å². The van der Waals surface area contributed by atoms with Crippen molar-refractivity contribution >= 4 is 28.6 Å². The van der Waals surface area contributed by atoms with Gasteiger partial charge in [0.2, 0.25) is 5.91 Å². The highest BCUT2D eigenvalue weighted by Gasteiger charge is 2.21. The highest BCUT2D eigenvalue weighted by molar-refractivity contribution is 7.99. The van der Waals surface area contributed by atoms with Gasteiger partial charge in [0.15, 0.2) is 5.16 Å². The molecule has 1 aromatic heterocycles. The van der Waals surface area contributed by atoms with E-state index in [-0.39, 0.29) is 29.3 Å². The van der Waals surface area contributed by atoms with Gasteiger partial charge in [0.1, 0.15) is 0 Å². The van der Waals surface area contributed by atoms with Crippen LogP contribution in [0.1, 0.15) is 27.7 Å². The largest absolute Gasteiger partial charge is 0.337 e. The van der Waals surface area contributed by atoms with Crippen molar-refractivity contribution in [1.29, 1.82) is 0 Å². The molecule has 0 atom stereocenters. The first-order chi connectivity index (χ1) is 13.4. The van der Waals surface area contributed by atoms with E-state index in [1.54, 1.807) is 10.6 Å². The maximum absolute atomic E-state index is 13.2. The standard InChI is InChI=1S/C22H25N3O2S/c1-15(2)24(16(3)4)20(26)14-28-22-23-19-13-9-8-12-18(19)21(27)25(22)17-10-6-5-7-11-17/h5-13,15-16H,14H2,1-4H3. The van der Waals surface area contributed by atoms with Crippen molar-refractivity contribution in [2.75, 3.05) is 5.75 Å². The lowest BCUT2D eigenvalue weighted by Crippen LogP contribution is -2.43. The molecule has 0 aliphatic heterocycles. The summed E-state index contributed by atoms with van der Waals surface area (Å²) in [6.45, 7) is 8.04. The zero-order valence-corrected chi connectivity index (χ0v) is 17.4. The number of thioether (sulfide) groups is 1. The van der Waals surface area contributed by atoms with Gasteiger partial charge in [-0.1, -0.05) is 42.1 Å². The van der Waals surface area contributed by atoms with Crippen molar-refractivity contribution in [1.82, 2.24) is 14.5 Å². The van der Waals surface area contributed by atoms with E-state index in [2.05, 4.69) is 4.98 Å². The minimum absolute atomic E-state index is 0.0389. The van der Waals surface area contributed by atoms with Crippen molar-refractivity contribution in [3.05, 3.63) is 65.0 Å². The zero-order chi connectivity index (χ0) is 20.3. The van der Waals surface area contributed by atoms with Gasteiger partial charge in [0, 0.05) is 12.1 Å². The number of carbonyl (C=O) groups is 1. The molecule has 6 heteroatoms. The van der Waals surface area contributed by atoms with Gasteiger partial charge in [-0.15, -0.1) is 0 Å². The van der Waals surface area contributed by atoms with E-state index >= 15 is 0 Å². The molecule has 0 spiro atoms. The summed E-state index contributed by atoms with van der Waals surface area (Å²) in [5, 5.41) is 1.09. The first kappa shape index (κ1) is 20.1. The number of nitrogens with zero attached hydrogens (tertiary/aromatic N) is 3. The molecule has 0 radical (unpaired) electrons. The van der Waals surface area contributed by atoms with Gasteiger partial charge < -0.3 is 4.90 Å². The lowest BCUT2D eigenvalue weighted by Gasteiger charge is -2.30. The molecule has 2 aromatic carbocycles. The Bertz CT molecular complexity index is 1020. The summed E-state index contributed by atoms with van der Waals surface area (Å²) in [5.41, 5.74) is 1.25. The number of para-hydroxylation sites is 2. The summed E-state index contributed by atoms with van der Waals surface area (Å²) >= 11 is 1.30. The van der Waals surface area contributed by atoms with Crippen LogP contribution in [0.4, 0.5) is 0 Å². The van der Waals surface area contributed by atoms with E-state index < -0.39 is 0 Å². The lowest BCUT2D eigenvalue weighted by atomic mass is 10.2. The molecule has 146 valence electrons. The van der Waals surface area contributed by atoms with E-state index in [0.717, 1.165) is 5.69 Å². The number of rotatable bonds is 6. The number of carbonyl (C=O) groups excluding carboxylic acids is 1. The minimum atomic E-state index is -0.128. The average Bonchev–Trinajstić information content (AvgIpc) is 2.66. The molecule has 1 heterocycles. The second kappa shape index (κ2) is 8.61. The Hall–Kier alpha value is -2.60. The fourth-order valence-corrected chi connectivity index (χ4v) is 4.27. The zero-order valence-electron chi connectivity index (χ0n) is 16.6. The number of hydrogen-bond donors (Lipinski definition) is 0. The summed E-state index contributed by atoms with van der Waals surface area (Å²) < 4.78 is 1.59. The Kier molecular flexibility index (Phi) is 6.19. The molecule has 0 fully saturated rings. The Morgan fingerprint density at radius 2 is 1.61 bits per heavy atom. The number of hydrogen-bond acceptors (Lipinski definition) is 4. The van der Waals surface area contributed by atoms with E-state index in [1.807, 2.05) is 81.1 Å². The summed E-state index contributed by atoms with van der Waals surface area (Å²) in [4.78, 5) is 32.5. The van der Waals surface area contributed by atoms with Crippen LogP contribution < -0.4 is 5.56 Å². The van der Waals surface area contributed by atoms with Crippen LogP contribution >= 0.6 is 11.8 Å². The summed E-state index contributed by atoms with van der Waals surface area (Å²) in [5.74, 6) is 0.269. The van der Waals surface area contributed by atoms with Crippen molar-refractivity contribution in [2.24, 2.45) is 0 Å². The van der Waals surface area contributed by atoms with E-state index in [0.29, 0.717) is 16.1 Å². The molecule has 0 aliphatic carbocycles. The highest BCUT2D eigenvalue weighted by atomic mass is 32.2. The molecule has 5 nitrogen and oxygen atoms in total. The van der Waals surface area contributed by atoms with Crippen LogP contribution in [0.2, 0.25) is 0 Å². The van der Waals surface area contributed by atoms with Crippen LogP contribution in [0.15, 0.2) is 64.5 Å². The third-order valence-electron chi connectivity index (χ3n) is 4.48. The maximum atomic E-state index is 13.2. The molecule has 0 aliphatic rings. The third kappa shape index (κ3) is 4.12. The van der Waals surface area contributed by atoms with Crippen LogP contribution in [0, 0.1) is 0 Å². The molecule has 0 unspecified atom stereocenters. The molecular formula is C22H25N3O2S. The first-order valence-corrected chi connectivity index (χ1v) is 10.4. The van der Waals surface area contributed by atoms with Gasteiger partial charge in [0.25, 0.3) is 5.56 Å². The molecular weight excluding hydrogens is 370 g/mol. The molecule has 3 aromatic rings. The minimum Gasteiger partial charge on any atom is -0.337 e. The quantitative estimate of drug-likeness (QED) is 0.465. The monoisotopic (exact) mass is 395 g/mol. The van der Waals surface area contributed by atoms with Gasteiger partial charge in [0.05, 0.1) is 22.3 Å². The Balaban J connectivity index is 2.03. The topological polar surface area (TPSA) is 55.2 Å². The molecule has 0 saturated carbocycles. The molecule has 0 bridgehead atoms.